The lowest BCUT2D eigenvalue weighted by atomic mass is 10.3. The Kier molecular flexibility index (Phi) is 8.32. The molecule has 0 saturated carbocycles. The summed E-state index contributed by atoms with van der Waals surface area (Å²) in [6.45, 7) is 4.72. The molecule has 1 aromatic rings. The Bertz CT molecular complexity index is 409. The normalized spacial score (nSPS) is 10.9. The quantitative estimate of drug-likeness (QED) is 0.495. The van der Waals surface area contributed by atoms with Gasteiger partial charge in [-0.15, -0.1) is 0 Å². The molecular weight excluding hydrogens is 280 g/mol. The van der Waals surface area contributed by atoms with Crippen molar-refractivity contribution in [3.8, 4) is 0 Å². The minimum atomic E-state index is -0.828. The van der Waals surface area contributed by atoms with Gasteiger partial charge >= 0.3 is 5.97 Å². The molecule has 20 heavy (non-hydrogen) atoms. The van der Waals surface area contributed by atoms with Crippen LogP contribution < -0.4 is 0 Å². The molecule has 0 fully saturated rings. The van der Waals surface area contributed by atoms with Crippen molar-refractivity contribution < 1.29 is 19.4 Å². The summed E-state index contributed by atoms with van der Waals surface area (Å²) in [5.41, 5.74) is 1.12. The van der Waals surface area contributed by atoms with Gasteiger partial charge in [-0.05, 0) is 12.8 Å². The highest BCUT2D eigenvalue weighted by Gasteiger charge is 2.10. The number of nitrogens with zero attached hydrogens (tertiary/aromatic N) is 2. The summed E-state index contributed by atoms with van der Waals surface area (Å²) >= 11 is 1.25. The van der Waals surface area contributed by atoms with Crippen LogP contribution in [0.3, 0.4) is 0 Å². The second kappa shape index (κ2) is 9.79. The molecule has 1 rings (SSSR count). The van der Waals surface area contributed by atoms with Gasteiger partial charge in [0.15, 0.2) is 5.16 Å². The molecule has 7 heteroatoms. The number of ether oxygens (including phenoxy) is 2. The van der Waals surface area contributed by atoms with Crippen LogP contribution in [0.4, 0.5) is 0 Å². The third-order valence-electron chi connectivity index (χ3n) is 2.69. The molecule has 0 aliphatic heterocycles. The first-order chi connectivity index (χ1) is 9.69. The summed E-state index contributed by atoms with van der Waals surface area (Å²) in [7, 11) is 1.65. The first-order valence-electron chi connectivity index (χ1n) is 6.64. The lowest BCUT2D eigenvalue weighted by Crippen LogP contribution is -2.09. The van der Waals surface area contributed by atoms with Gasteiger partial charge in [0.25, 0.3) is 0 Å². The van der Waals surface area contributed by atoms with Crippen LogP contribution in [-0.4, -0.2) is 53.3 Å². The van der Waals surface area contributed by atoms with E-state index in [-0.39, 0.29) is 5.75 Å². The lowest BCUT2D eigenvalue weighted by molar-refractivity contribution is -0.133. The average Bonchev–Trinajstić information content (AvgIpc) is 2.82. The molecule has 1 N–H and O–H groups in total. The maximum atomic E-state index is 10.6. The standard InChI is InChI=1S/C13H22N2O4S/c1-3-11-9-14-13(20-10-12(16)17)15(11)5-4-6-19-8-7-18-2/h9H,3-8,10H2,1-2H3,(H,16,17). The molecule has 0 spiro atoms. The number of carboxylic acid groups (broad SMARTS) is 1. The fourth-order valence-corrected chi connectivity index (χ4v) is 2.47. The molecular formula is C13H22N2O4S. The molecule has 0 radical (unpaired) electrons. The van der Waals surface area contributed by atoms with Gasteiger partial charge in [0.1, 0.15) is 0 Å². The number of rotatable bonds is 11. The fraction of sp³-hybridized carbons (Fsp3) is 0.692. The Morgan fingerprint density at radius 3 is 2.90 bits per heavy atom. The second-order valence-electron chi connectivity index (χ2n) is 4.18. The highest BCUT2D eigenvalue weighted by molar-refractivity contribution is 7.99. The van der Waals surface area contributed by atoms with Crippen molar-refractivity contribution in [2.75, 3.05) is 32.7 Å². The Labute approximate surface area is 123 Å². The van der Waals surface area contributed by atoms with Crippen molar-refractivity contribution in [2.45, 2.75) is 31.5 Å². The summed E-state index contributed by atoms with van der Waals surface area (Å²) in [5, 5.41) is 9.50. The van der Waals surface area contributed by atoms with Crippen LogP contribution in [0.1, 0.15) is 19.0 Å². The van der Waals surface area contributed by atoms with Crippen LogP contribution in [0.2, 0.25) is 0 Å². The highest BCUT2D eigenvalue weighted by Crippen LogP contribution is 2.19. The zero-order valence-electron chi connectivity index (χ0n) is 12.0. The van der Waals surface area contributed by atoms with Crippen molar-refractivity contribution in [2.24, 2.45) is 0 Å². The van der Waals surface area contributed by atoms with Gasteiger partial charge in [0.05, 0.1) is 19.0 Å². The average molecular weight is 302 g/mol. The largest absolute Gasteiger partial charge is 0.481 e. The summed E-state index contributed by atoms with van der Waals surface area (Å²) < 4.78 is 12.4. The smallest absolute Gasteiger partial charge is 0.313 e. The Morgan fingerprint density at radius 1 is 1.45 bits per heavy atom. The van der Waals surface area contributed by atoms with Crippen LogP contribution in [-0.2, 0) is 27.2 Å². The van der Waals surface area contributed by atoms with Gasteiger partial charge in [-0.2, -0.15) is 0 Å². The number of aliphatic carboxylic acids is 1. The predicted molar refractivity (Wildman–Crippen MR) is 77.3 cm³/mol. The zero-order valence-corrected chi connectivity index (χ0v) is 12.8. The number of carbonyl (C=O) groups is 1. The maximum absolute atomic E-state index is 10.6. The van der Waals surface area contributed by atoms with Crippen molar-refractivity contribution >= 4 is 17.7 Å². The maximum Gasteiger partial charge on any atom is 0.313 e. The number of imidazole rings is 1. The molecule has 0 bridgehead atoms. The minimum Gasteiger partial charge on any atom is -0.481 e. The Balaban J connectivity index is 2.44. The van der Waals surface area contributed by atoms with Gasteiger partial charge in [-0.3, -0.25) is 4.79 Å². The summed E-state index contributed by atoms with van der Waals surface area (Å²) in [6, 6.07) is 0. The van der Waals surface area contributed by atoms with E-state index in [9.17, 15) is 4.79 Å². The number of aromatic nitrogens is 2. The molecule has 0 atom stereocenters. The SMILES string of the molecule is CCc1cnc(SCC(=O)O)n1CCCOCCOC. The van der Waals surface area contributed by atoms with Crippen LogP contribution in [0.5, 0.6) is 0 Å². The van der Waals surface area contributed by atoms with Gasteiger partial charge in [0, 0.05) is 32.2 Å². The van der Waals surface area contributed by atoms with Crippen LogP contribution >= 0.6 is 11.8 Å². The van der Waals surface area contributed by atoms with E-state index < -0.39 is 5.97 Å². The zero-order chi connectivity index (χ0) is 14.8. The van der Waals surface area contributed by atoms with E-state index in [2.05, 4.69) is 16.5 Å². The number of hydrogen-bond donors (Lipinski definition) is 1. The second-order valence-corrected chi connectivity index (χ2v) is 5.12. The van der Waals surface area contributed by atoms with Crippen molar-refractivity contribution in [3.05, 3.63) is 11.9 Å². The highest BCUT2D eigenvalue weighted by atomic mass is 32.2. The molecule has 0 amide bonds. The van der Waals surface area contributed by atoms with E-state index in [1.165, 1.54) is 11.8 Å². The molecule has 1 heterocycles. The van der Waals surface area contributed by atoms with E-state index in [1.807, 2.05) is 6.20 Å². The lowest BCUT2D eigenvalue weighted by Gasteiger charge is -2.10. The summed E-state index contributed by atoms with van der Waals surface area (Å²) in [5.74, 6) is -0.796. The number of thioether (sulfide) groups is 1. The van der Waals surface area contributed by atoms with Crippen LogP contribution in [0.15, 0.2) is 11.4 Å². The number of aryl methyl sites for hydroxylation is 1. The van der Waals surface area contributed by atoms with E-state index in [4.69, 9.17) is 14.6 Å². The molecule has 0 aliphatic rings. The molecule has 0 saturated heterocycles. The predicted octanol–water partition coefficient (Wildman–Crippen LogP) is 1.68. The number of hydrogen-bond acceptors (Lipinski definition) is 5. The third-order valence-corrected chi connectivity index (χ3v) is 3.67. The summed E-state index contributed by atoms with van der Waals surface area (Å²) in [6.07, 6.45) is 3.56. The van der Waals surface area contributed by atoms with Crippen molar-refractivity contribution in [1.82, 2.24) is 9.55 Å². The molecule has 114 valence electrons. The van der Waals surface area contributed by atoms with Gasteiger partial charge < -0.3 is 19.1 Å². The topological polar surface area (TPSA) is 73.6 Å². The molecule has 1 aromatic heterocycles. The van der Waals surface area contributed by atoms with E-state index in [0.717, 1.165) is 30.2 Å². The molecule has 0 aliphatic carbocycles. The monoisotopic (exact) mass is 302 g/mol. The van der Waals surface area contributed by atoms with E-state index >= 15 is 0 Å². The van der Waals surface area contributed by atoms with Crippen LogP contribution in [0, 0.1) is 0 Å². The first-order valence-corrected chi connectivity index (χ1v) is 7.63. The van der Waals surface area contributed by atoms with Crippen LogP contribution in [0.25, 0.3) is 0 Å². The number of methoxy groups -OCH3 is 1. The van der Waals surface area contributed by atoms with Gasteiger partial charge in [-0.1, -0.05) is 18.7 Å². The van der Waals surface area contributed by atoms with E-state index in [1.54, 1.807) is 7.11 Å². The molecule has 0 unspecified atom stereocenters. The fourth-order valence-electron chi connectivity index (χ4n) is 1.72. The van der Waals surface area contributed by atoms with Crippen molar-refractivity contribution in [1.29, 1.82) is 0 Å². The van der Waals surface area contributed by atoms with Gasteiger partial charge in [0.2, 0.25) is 0 Å². The third kappa shape index (κ3) is 5.94. The molecule has 6 nitrogen and oxygen atoms in total. The Hall–Kier alpha value is -1.05. The van der Waals surface area contributed by atoms with Crippen molar-refractivity contribution in [3.63, 3.8) is 0 Å². The summed E-state index contributed by atoms with van der Waals surface area (Å²) in [4.78, 5) is 14.9. The Morgan fingerprint density at radius 2 is 2.25 bits per heavy atom. The number of carboxylic acids is 1. The first kappa shape index (κ1) is 17.0. The van der Waals surface area contributed by atoms with Gasteiger partial charge in [-0.25, -0.2) is 4.98 Å². The molecule has 0 aromatic carbocycles. The minimum absolute atomic E-state index is 0.0322. The van der Waals surface area contributed by atoms with E-state index in [0.29, 0.717) is 19.8 Å².